The Morgan fingerprint density at radius 1 is 1.23 bits per heavy atom. The molecule has 2 aliphatic carbocycles. The van der Waals surface area contributed by atoms with Crippen molar-refractivity contribution in [1.82, 2.24) is 4.90 Å². The molecule has 1 N–H and O–H groups in total. The fourth-order valence-corrected chi connectivity index (χ4v) is 4.02. The molecule has 1 aromatic carbocycles. The molecule has 22 heavy (non-hydrogen) atoms. The van der Waals surface area contributed by atoms with Crippen molar-refractivity contribution in [3.05, 3.63) is 35.4 Å². The largest absolute Gasteiger partial charge is 0.393 e. The van der Waals surface area contributed by atoms with Crippen molar-refractivity contribution in [2.24, 2.45) is 5.92 Å². The van der Waals surface area contributed by atoms with Gasteiger partial charge in [0.05, 0.1) is 11.6 Å². The van der Waals surface area contributed by atoms with Gasteiger partial charge in [-0.3, -0.25) is 4.90 Å². The third-order valence-electron chi connectivity index (χ3n) is 6.05. The van der Waals surface area contributed by atoms with E-state index >= 15 is 0 Å². The van der Waals surface area contributed by atoms with Gasteiger partial charge in [0.15, 0.2) is 0 Å². The van der Waals surface area contributed by atoms with Crippen LogP contribution in [0.25, 0.3) is 0 Å². The summed E-state index contributed by atoms with van der Waals surface area (Å²) in [6.45, 7) is 4.93. The van der Waals surface area contributed by atoms with E-state index in [1.54, 1.807) is 11.1 Å². The molecule has 0 amide bonds. The first kappa shape index (κ1) is 15.6. The van der Waals surface area contributed by atoms with Crippen LogP contribution in [0.1, 0.15) is 56.1 Å². The van der Waals surface area contributed by atoms with Gasteiger partial charge in [0.2, 0.25) is 0 Å². The molecule has 0 aromatic heterocycles. The van der Waals surface area contributed by atoms with Gasteiger partial charge in [-0.05, 0) is 55.7 Å². The maximum atomic E-state index is 9.64. The van der Waals surface area contributed by atoms with E-state index in [2.05, 4.69) is 42.0 Å². The Bertz CT molecular complexity index is 561. The number of aliphatic hydroxyl groups is 1. The molecule has 0 bridgehead atoms. The van der Waals surface area contributed by atoms with Gasteiger partial charge in [0.1, 0.15) is 0 Å². The number of benzene rings is 1. The molecule has 2 heteroatoms. The first-order valence-corrected chi connectivity index (χ1v) is 8.42. The minimum Gasteiger partial charge on any atom is -0.393 e. The summed E-state index contributed by atoms with van der Waals surface area (Å²) in [6, 6.07) is 8.89. The number of aliphatic hydroxyl groups excluding tert-OH is 1. The van der Waals surface area contributed by atoms with Crippen molar-refractivity contribution in [3.63, 3.8) is 0 Å². The van der Waals surface area contributed by atoms with Crippen LogP contribution >= 0.6 is 0 Å². The zero-order valence-corrected chi connectivity index (χ0v) is 13.9. The van der Waals surface area contributed by atoms with Crippen LogP contribution in [0, 0.1) is 18.3 Å². The van der Waals surface area contributed by atoms with Gasteiger partial charge >= 0.3 is 0 Å². The minimum atomic E-state index is -0.258. The van der Waals surface area contributed by atoms with Gasteiger partial charge in [-0.25, -0.2) is 0 Å². The normalized spacial score (nSPS) is 39.0. The van der Waals surface area contributed by atoms with Gasteiger partial charge in [-0.15, -0.1) is 6.42 Å². The Morgan fingerprint density at radius 3 is 2.23 bits per heavy atom. The van der Waals surface area contributed by atoms with Crippen molar-refractivity contribution in [2.45, 2.75) is 56.6 Å². The van der Waals surface area contributed by atoms with E-state index in [1.165, 1.54) is 12.8 Å². The molecule has 1 heterocycles. The number of hydrogen-bond donors (Lipinski definition) is 1. The Morgan fingerprint density at radius 2 is 1.77 bits per heavy atom. The second kappa shape index (κ2) is 5.72. The number of piperidine rings is 1. The smallest absolute Gasteiger partial charge is 0.0817 e. The average molecular weight is 297 g/mol. The van der Waals surface area contributed by atoms with E-state index in [0.717, 1.165) is 18.4 Å². The highest BCUT2D eigenvalue weighted by molar-refractivity contribution is 5.47. The number of rotatable bonds is 0. The maximum absolute atomic E-state index is 9.64. The SMILES string of the molecule is C#CC1(C)CC(O)C(C)CN1C.c1ccc2c(c1)C1CCC21. The van der Waals surface area contributed by atoms with Crippen LogP contribution < -0.4 is 0 Å². The molecule has 1 saturated carbocycles. The molecule has 1 saturated heterocycles. The monoisotopic (exact) mass is 297 g/mol. The van der Waals surface area contributed by atoms with Crippen molar-refractivity contribution in [2.75, 3.05) is 13.6 Å². The van der Waals surface area contributed by atoms with Gasteiger partial charge in [0.25, 0.3) is 0 Å². The summed E-state index contributed by atoms with van der Waals surface area (Å²) in [4.78, 5) is 2.14. The van der Waals surface area contributed by atoms with Crippen LogP contribution in [0.3, 0.4) is 0 Å². The van der Waals surface area contributed by atoms with Crippen LogP contribution in [0.5, 0.6) is 0 Å². The molecular formula is C20H27NO. The second-order valence-electron chi connectivity index (χ2n) is 7.47. The molecule has 5 atom stereocenters. The van der Waals surface area contributed by atoms with E-state index in [-0.39, 0.29) is 11.6 Å². The molecule has 2 nitrogen and oxygen atoms in total. The van der Waals surface area contributed by atoms with E-state index < -0.39 is 0 Å². The average Bonchev–Trinajstić information content (AvgIpc) is 2.47. The molecule has 1 aliphatic heterocycles. The van der Waals surface area contributed by atoms with Crippen molar-refractivity contribution in [1.29, 1.82) is 0 Å². The zero-order chi connectivity index (χ0) is 15.9. The number of terminal acetylenes is 1. The van der Waals surface area contributed by atoms with Crippen molar-refractivity contribution < 1.29 is 5.11 Å². The molecule has 2 fully saturated rings. The summed E-state index contributed by atoms with van der Waals surface area (Å²) in [6.07, 6.45) is 8.76. The molecule has 5 unspecified atom stereocenters. The molecule has 0 spiro atoms. The van der Waals surface area contributed by atoms with E-state index in [4.69, 9.17) is 6.42 Å². The lowest BCUT2D eigenvalue weighted by Gasteiger charge is -2.48. The zero-order valence-electron chi connectivity index (χ0n) is 13.9. The lowest BCUT2D eigenvalue weighted by Crippen LogP contribution is -2.53. The standard InChI is InChI=1S/C10H17NO.C10H10/c1-5-10(3)6-9(12)8(2)7-11(10)4;1-2-4-8-7(3-1)9-5-6-10(8)9/h1,8-9,12H,6-7H2,2-4H3;1-4,9-10H,5-6H2. The van der Waals surface area contributed by atoms with Gasteiger partial charge < -0.3 is 5.11 Å². The summed E-state index contributed by atoms with van der Waals surface area (Å²) >= 11 is 0. The Labute approximate surface area is 134 Å². The molecule has 118 valence electrons. The summed E-state index contributed by atoms with van der Waals surface area (Å²) < 4.78 is 0. The highest BCUT2D eigenvalue weighted by atomic mass is 16.3. The quantitative estimate of drug-likeness (QED) is 0.742. The number of hydrogen-bond acceptors (Lipinski definition) is 2. The summed E-state index contributed by atoms with van der Waals surface area (Å²) in [7, 11) is 2.02. The van der Waals surface area contributed by atoms with E-state index in [9.17, 15) is 5.11 Å². The van der Waals surface area contributed by atoms with Crippen LogP contribution in [-0.2, 0) is 0 Å². The molecular weight excluding hydrogens is 270 g/mol. The van der Waals surface area contributed by atoms with Crippen molar-refractivity contribution in [3.8, 4) is 12.3 Å². The molecule has 0 radical (unpaired) electrons. The predicted molar refractivity (Wildman–Crippen MR) is 90.8 cm³/mol. The first-order valence-electron chi connectivity index (χ1n) is 8.42. The topological polar surface area (TPSA) is 23.5 Å². The van der Waals surface area contributed by atoms with Gasteiger partial charge in [-0.2, -0.15) is 0 Å². The third-order valence-corrected chi connectivity index (χ3v) is 6.05. The van der Waals surface area contributed by atoms with E-state index in [0.29, 0.717) is 12.3 Å². The molecule has 3 aliphatic rings. The Kier molecular flexibility index (Phi) is 4.05. The summed E-state index contributed by atoms with van der Waals surface area (Å²) in [5.41, 5.74) is 3.02. The van der Waals surface area contributed by atoms with Gasteiger partial charge in [0, 0.05) is 13.0 Å². The first-order chi connectivity index (χ1) is 10.5. The Balaban J connectivity index is 0.000000132. The lowest BCUT2D eigenvalue weighted by molar-refractivity contribution is -0.00779. The van der Waals surface area contributed by atoms with E-state index in [1.807, 2.05) is 14.0 Å². The molecule has 4 rings (SSSR count). The predicted octanol–water partition coefficient (Wildman–Crippen LogP) is 3.37. The van der Waals surface area contributed by atoms with Crippen LogP contribution in [0.2, 0.25) is 0 Å². The molecule has 1 aromatic rings. The second-order valence-corrected chi connectivity index (χ2v) is 7.47. The number of fused-ring (bicyclic) bond motifs is 4. The fourth-order valence-electron chi connectivity index (χ4n) is 4.02. The third kappa shape index (κ3) is 2.47. The van der Waals surface area contributed by atoms with Crippen molar-refractivity contribution >= 4 is 0 Å². The van der Waals surface area contributed by atoms with Gasteiger partial charge in [-0.1, -0.05) is 37.1 Å². The number of nitrogens with zero attached hydrogens (tertiary/aromatic N) is 1. The lowest BCUT2D eigenvalue weighted by atomic mass is 9.56. The van der Waals surface area contributed by atoms with Crippen LogP contribution in [0.4, 0.5) is 0 Å². The van der Waals surface area contributed by atoms with Crippen LogP contribution in [-0.4, -0.2) is 35.2 Å². The summed E-state index contributed by atoms with van der Waals surface area (Å²) in [5, 5.41) is 9.64. The fraction of sp³-hybridized carbons (Fsp3) is 0.600. The Hall–Kier alpha value is -1.30. The number of likely N-dealkylation sites (tertiary alicyclic amines) is 1. The highest BCUT2D eigenvalue weighted by Crippen LogP contribution is 2.59. The maximum Gasteiger partial charge on any atom is 0.0817 e. The van der Waals surface area contributed by atoms with Crippen LogP contribution in [0.15, 0.2) is 24.3 Å². The highest BCUT2D eigenvalue weighted by Gasteiger charge is 2.43. The summed E-state index contributed by atoms with van der Waals surface area (Å²) in [5.74, 6) is 5.01. The minimum absolute atomic E-state index is 0.248.